The SMILES string of the molecule is O=C(CCNc1c2ccccc2nc2ccccc12)NCCN(CCCl)CCCl.O=C(CCNc1c2ccccc2nc2ccccc12)OCCN(CCCl)CCCl. The molecule has 0 saturated heterocycles. The number of amides is 1. The van der Waals surface area contributed by atoms with Crippen LogP contribution in [0.2, 0.25) is 0 Å². The fourth-order valence-electron chi connectivity index (χ4n) is 6.60. The minimum Gasteiger partial charge on any atom is -0.464 e. The standard InChI is InChI=1S/C22H26Cl2N4O.C22H25Cl2N3O2/c23-10-14-28(15-11-24)16-13-25-21(29)9-12-26-22-17-5-1-3-7-19(17)27-20-8-4-2-6-18(20)22;23-10-13-27(14-11-24)15-16-29-21(28)9-12-25-22-17-5-1-3-7-19(17)26-20-8-4-2-6-18(20)22/h1-8H,9-16H2,(H,25,29)(H,26,27);1-8H,9-16H2,(H,25,26). The fourth-order valence-corrected chi connectivity index (χ4v) is 7.56. The van der Waals surface area contributed by atoms with Crippen LogP contribution in [0.4, 0.5) is 11.4 Å². The second-order valence-electron chi connectivity index (χ2n) is 13.4. The number of ether oxygens (including phenoxy) is 1. The minimum absolute atomic E-state index is 0.0249. The molecule has 3 N–H and O–H groups in total. The Labute approximate surface area is 360 Å². The van der Waals surface area contributed by atoms with E-state index in [-0.39, 0.29) is 18.3 Å². The molecule has 0 bridgehead atoms. The summed E-state index contributed by atoms with van der Waals surface area (Å²) in [6, 6.07) is 32.1. The quantitative estimate of drug-likeness (QED) is 0.0351. The van der Waals surface area contributed by atoms with Crippen molar-refractivity contribution < 1.29 is 14.3 Å². The summed E-state index contributed by atoms with van der Waals surface area (Å²) in [6.45, 7) is 6.37. The Kier molecular flexibility index (Phi) is 19.1. The molecule has 0 aliphatic carbocycles. The Morgan fingerprint density at radius 3 is 1.29 bits per heavy atom. The average molecular weight is 868 g/mol. The van der Waals surface area contributed by atoms with Crippen LogP contribution in [0.25, 0.3) is 43.6 Å². The summed E-state index contributed by atoms with van der Waals surface area (Å²) in [7, 11) is 0. The highest BCUT2D eigenvalue weighted by molar-refractivity contribution is 6.19. The Morgan fingerprint density at radius 1 is 0.500 bits per heavy atom. The second-order valence-corrected chi connectivity index (χ2v) is 14.9. The van der Waals surface area contributed by atoms with Gasteiger partial charge < -0.3 is 20.7 Å². The molecule has 0 saturated carbocycles. The molecule has 1 amide bonds. The third-order valence-corrected chi connectivity index (χ3v) is 10.2. The zero-order chi connectivity index (χ0) is 41.0. The van der Waals surface area contributed by atoms with Gasteiger partial charge in [-0.25, -0.2) is 9.97 Å². The first-order valence-electron chi connectivity index (χ1n) is 19.6. The molecule has 14 heteroatoms. The van der Waals surface area contributed by atoms with Gasteiger partial charge in [0, 0.05) is 110 Å². The number of hydrogen-bond donors (Lipinski definition) is 3. The number of fused-ring (bicyclic) bond motifs is 4. The first kappa shape index (κ1) is 44.9. The number of hydrogen-bond acceptors (Lipinski definition) is 9. The van der Waals surface area contributed by atoms with Gasteiger partial charge >= 0.3 is 5.97 Å². The number of nitrogens with zero attached hydrogens (tertiary/aromatic N) is 4. The predicted octanol–water partition coefficient (Wildman–Crippen LogP) is 8.60. The Balaban J connectivity index is 0.000000221. The maximum absolute atomic E-state index is 12.2. The number of aromatic nitrogens is 2. The van der Waals surface area contributed by atoms with Gasteiger partial charge in [-0.1, -0.05) is 72.8 Å². The van der Waals surface area contributed by atoms with Crippen LogP contribution in [0, 0.1) is 0 Å². The third kappa shape index (κ3) is 13.4. The zero-order valence-corrected chi connectivity index (χ0v) is 35.6. The first-order chi connectivity index (χ1) is 28.4. The predicted molar refractivity (Wildman–Crippen MR) is 244 cm³/mol. The van der Waals surface area contributed by atoms with Gasteiger partial charge in [0.25, 0.3) is 0 Å². The van der Waals surface area contributed by atoms with E-state index >= 15 is 0 Å². The van der Waals surface area contributed by atoms with Crippen molar-refractivity contribution in [2.24, 2.45) is 0 Å². The van der Waals surface area contributed by atoms with Gasteiger partial charge in [0.1, 0.15) is 6.61 Å². The van der Waals surface area contributed by atoms with Crippen molar-refractivity contribution in [1.29, 1.82) is 0 Å². The van der Waals surface area contributed by atoms with Crippen LogP contribution in [0.1, 0.15) is 12.8 Å². The largest absolute Gasteiger partial charge is 0.464 e. The van der Waals surface area contributed by atoms with E-state index in [4.69, 9.17) is 61.1 Å². The molecule has 2 heterocycles. The summed E-state index contributed by atoms with van der Waals surface area (Å²) >= 11 is 23.2. The lowest BCUT2D eigenvalue weighted by molar-refractivity contribution is -0.143. The van der Waals surface area contributed by atoms with Crippen molar-refractivity contribution in [2.45, 2.75) is 12.8 Å². The topological polar surface area (TPSA) is 112 Å². The lowest BCUT2D eigenvalue weighted by Gasteiger charge is -2.20. The van der Waals surface area contributed by atoms with Crippen LogP contribution in [0.15, 0.2) is 97.1 Å². The number of pyridine rings is 2. The summed E-state index contributed by atoms with van der Waals surface area (Å²) < 4.78 is 5.36. The summed E-state index contributed by atoms with van der Waals surface area (Å²) in [5.41, 5.74) is 5.75. The van der Waals surface area contributed by atoms with Gasteiger partial charge in [-0.05, 0) is 24.3 Å². The normalized spacial score (nSPS) is 11.3. The van der Waals surface area contributed by atoms with E-state index in [0.29, 0.717) is 62.7 Å². The van der Waals surface area contributed by atoms with E-state index in [2.05, 4.69) is 37.9 Å². The minimum atomic E-state index is -0.225. The number of rotatable bonds is 22. The molecule has 6 aromatic rings. The molecular formula is C44H51Cl4N7O3. The van der Waals surface area contributed by atoms with Gasteiger partial charge in [-0.3, -0.25) is 19.4 Å². The number of anilines is 2. The van der Waals surface area contributed by atoms with Gasteiger partial charge in [0.2, 0.25) is 5.91 Å². The molecule has 6 rings (SSSR count). The number of halogens is 4. The molecule has 2 aromatic heterocycles. The van der Waals surface area contributed by atoms with Gasteiger partial charge in [-0.2, -0.15) is 0 Å². The van der Waals surface area contributed by atoms with Crippen LogP contribution in [0.3, 0.4) is 0 Å². The maximum Gasteiger partial charge on any atom is 0.307 e. The smallest absolute Gasteiger partial charge is 0.307 e. The van der Waals surface area contributed by atoms with Gasteiger partial charge in [-0.15, -0.1) is 46.4 Å². The molecule has 0 spiro atoms. The van der Waals surface area contributed by atoms with E-state index in [1.165, 1.54) is 0 Å². The van der Waals surface area contributed by atoms with Crippen molar-refractivity contribution >= 4 is 113 Å². The second kappa shape index (κ2) is 24.7. The van der Waals surface area contributed by atoms with Crippen LogP contribution in [0.5, 0.6) is 0 Å². The zero-order valence-electron chi connectivity index (χ0n) is 32.6. The van der Waals surface area contributed by atoms with Crippen LogP contribution in [-0.2, 0) is 14.3 Å². The van der Waals surface area contributed by atoms with E-state index in [1.807, 2.05) is 84.9 Å². The van der Waals surface area contributed by atoms with Crippen molar-refractivity contribution in [1.82, 2.24) is 25.1 Å². The lowest BCUT2D eigenvalue weighted by Crippen LogP contribution is -2.37. The van der Waals surface area contributed by atoms with E-state index in [9.17, 15) is 9.59 Å². The number of benzene rings is 4. The highest BCUT2D eigenvalue weighted by atomic mass is 35.5. The molecule has 0 fully saturated rings. The number of carbonyl (C=O) groups excluding carboxylic acids is 2. The Bertz CT molecular complexity index is 1940. The molecule has 0 unspecified atom stereocenters. The summed E-state index contributed by atoms with van der Waals surface area (Å²) in [5, 5.41) is 14.0. The van der Waals surface area contributed by atoms with E-state index < -0.39 is 0 Å². The maximum atomic E-state index is 12.2. The molecule has 58 heavy (non-hydrogen) atoms. The van der Waals surface area contributed by atoms with Crippen LogP contribution < -0.4 is 16.0 Å². The fraction of sp³-hybridized carbons (Fsp3) is 0.364. The molecule has 308 valence electrons. The van der Waals surface area contributed by atoms with Crippen LogP contribution in [-0.4, -0.2) is 121 Å². The average Bonchev–Trinajstić information content (AvgIpc) is 3.23. The highest BCUT2D eigenvalue weighted by Gasteiger charge is 2.12. The summed E-state index contributed by atoms with van der Waals surface area (Å²) in [6.07, 6.45) is 0.686. The molecule has 0 radical (unpaired) electrons. The molecule has 0 atom stereocenters. The van der Waals surface area contributed by atoms with Crippen molar-refractivity contribution in [3.05, 3.63) is 97.1 Å². The Hall–Kier alpha value is -4.16. The summed E-state index contributed by atoms with van der Waals surface area (Å²) in [4.78, 5) is 38.0. The van der Waals surface area contributed by atoms with Crippen molar-refractivity contribution in [3.63, 3.8) is 0 Å². The van der Waals surface area contributed by atoms with Gasteiger partial charge in [0.15, 0.2) is 0 Å². The van der Waals surface area contributed by atoms with Crippen LogP contribution >= 0.6 is 46.4 Å². The molecule has 0 aliphatic rings. The number of carbonyl (C=O) groups is 2. The molecule has 4 aromatic carbocycles. The summed E-state index contributed by atoms with van der Waals surface area (Å²) in [5.74, 6) is 1.98. The van der Waals surface area contributed by atoms with E-state index in [1.54, 1.807) is 0 Å². The van der Waals surface area contributed by atoms with Gasteiger partial charge in [0.05, 0.1) is 39.9 Å². The molecule has 0 aliphatic heterocycles. The monoisotopic (exact) mass is 865 g/mol. The molecular weight excluding hydrogens is 816 g/mol. The molecule has 10 nitrogen and oxygen atoms in total. The Morgan fingerprint density at radius 2 is 0.879 bits per heavy atom. The highest BCUT2D eigenvalue weighted by Crippen LogP contribution is 2.31. The third-order valence-electron chi connectivity index (χ3n) is 9.48. The van der Waals surface area contributed by atoms with Crippen molar-refractivity contribution in [3.8, 4) is 0 Å². The number of esters is 1. The lowest BCUT2D eigenvalue weighted by atomic mass is 10.1. The number of alkyl halides is 4. The first-order valence-corrected chi connectivity index (χ1v) is 21.7. The van der Waals surface area contributed by atoms with Crippen molar-refractivity contribution in [2.75, 3.05) is 99.7 Å². The van der Waals surface area contributed by atoms with E-state index in [0.717, 1.165) is 87.7 Å². The number of nitrogens with one attached hydrogen (secondary N) is 3. The number of para-hydroxylation sites is 4.